The first-order chi connectivity index (χ1) is 10.1. The molecule has 0 unspecified atom stereocenters. The van der Waals surface area contributed by atoms with Crippen molar-refractivity contribution in [2.75, 3.05) is 38.6 Å². The van der Waals surface area contributed by atoms with E-state index in [9.17, 15) is 9.59 Å². The monoisotopic (exact) mass is 289 g/mol. The molecule has 0 saturated carbocycles. The molecular weight excluding hydrogens is 266 g/mol. The third-order valence-corrected chi connectivity index (χ3v) is 3.60. The maximum atomic E-state index is 12.2. The molecule has 5 nitrogen and oxygen atoms in total. The first-order valence-electron chi connectivity index (χ1n) is 7.37. The minimum absolute atomic E-state index is 0.0731. The van der Waals surface area contributed by atoms with Gasteiger partial charge in [0.1, 0.15) is 6.42 Å². The van der Waals surface area contributed by atoms with Crippen molar-refractivity contribution in [2.45, 2.75) is 19.3 Å². The lowest BCUT2D eigenvalue weighted by atomic mass is 10.2. The molecule has 5 heteroatoms. The number of carbonyl (C=O) groups is 2. The molecule has 1 aliphatic heterocycles. The third-order valence-electron chi connectivity index (χ3n) is 3.60. The molecule has 1 aromatic carbocycles. The standard InChI is InChI=1S/C16H23N3O2/c1-18(2)10-5-9-17-15(20)12-16(21)19-11-8-13-6-3-4-7-14(13)19/h3-4,6-7H,5,8-12H2,1-2H3,(H,17,20). The molecule has 1 heterocycles. The van der Waals surface area contributed by atoms with Crippen molar-refractivity contribution in [1.29, 1.82) is 0 Å². The van der Waals surface area contributed by atoms with Crippen LogP contribution in [0.4, 0.5) is 5.69 Å². The second kappa shape index (κ2) is 7.22. The topological polar surface area (TPSA) is 52.7 Å². The van der Waals surface area contributed by atoms with Gasteiger partial charge in [-0.05, 0) is 45.1 Å². The molecule has 0 bridgehead atoms. The summed E-state index contributed by atoms with van der Waals surface area (Å²) in [6.45, 7) is 2.21. The number of anilines is 1. The maximum Gasteiger partial charge on any atom is 0.236 e. The van der Waals surface area contributed by atoms with Crippen molar-refractivity contribution >= 4 is 17.5 Å². The average Bonchev–Trinajstić information content (AvgIpc) is 2.87. The summed E-state index contributed by atoms with van der Waals surface area (Å²) in [6.07, 6.45) is 1.68. The SMILES string of the molecule is CN(C)CCCNC(=O)CC(=O)N1CCc2ccccc21. The Bertz CT molecular complexity index is 514. The molecule has 0 radical (unpaired) electrons. The zero-order valence-electron chi connectivity index (χ0n) is 12.8. The van der Waals surface area contributed by atoms with Gasteiger partial charge in [-0.25, -0.2) is 0 Å². The summed E-state index contributed by atoms with van der Waals surface area (Å²) in [5.41, 5.74) is 2.13. The molecule has 0 spiro atoms. The maximum absolute atomic E-state index is 12.2. The van der Waals surface area contributed by atoms with Gasteiger partial charge in [-0.2, -0.15) is 0 Å². The first-order valence-corrected chi connectivity index (χ1v) is 7.37. The number of rotatable bonds is 6. The van der Waals surface area contributed by atoms with E-state index in [1.54, 1.807) is 4.90 Å². The van der Waals surface area contributed by atoms with Gasteiger partial charge >= 0.3 is 0 Å². The lowest BCUT2D eigenvalue weighted by Crippen LogP contribution is -2.35. The molecule has 2 amide bonds. The summed E-state index contributed by atoms with van der Waals surface area (Å²) in [6, 6.07) is 7.87. The van der Waals surface area contributed by atoms with Crippen LogP contribution in [0.5, 0.6) is 0 Å². The second-order valence-electron chi connectivity index (χ2n) is 5.61. The minimum Gasteiger partial charge on any atom is -0.356 e. The van der Waals surface area contributed by atoms with Gasteiger partial charge in [0.25, 0.3) is 0 Å². The van der Waals surface area contributed by atoms with Crippen LogP contribution in [0.25, 0.3) is 0 Å². The molecular formula is C16H23N3O2. The molecule has 114 valence electrons. The van der Waals surface area contributed by atoms with Gasteiger partial charge in [-0.1, -0.05) is 18.2 Å². The summed E-state index contributed by atoms with van der Waals surface area (Å²) in [5, 5.41) is 2.80. The number of benzene rings is 1. The summed E-state index contributed by atoms with van der Waals surface area (Å²) in [5.74, 6) is -0.312. The van der Waals surface area contributed by atoms with Gasteiger partial charge in [-0.15, -0.1) is 0 Å². The molecule has 0 saturated heterocycles. The van der Waals surface area contributed by atoms with Crippen molar-refractivity contribution in [2.24, 2.45) is 0 Å². The van der Waals surface area contributed by atoms with Crippen LogP contribution in [0.1, 0.15) is 18.4 Å². The first kappa shape index (κ1) is 15.5. The van der Waals surface area contributed by atoms with E-state index in [1.807, 2.05) is 38.4 Å². The van der Waals surface area contributed by atoms with Gasteiger partial charge in [0, 0.05) is 18.8 Å². The quantitative estimate of drug-likeness (QED) is 0.629. The van der Waals surface area contributed by atoms with Gasteiger partial charge in [0.15, 0.2) is 0 Å². The van der Waals surface area contributed by atoms with Crippen molar-refractivity contribution in [1.82, 2.24) is 10.2 Å². The van der Waals surface area contributed by atoms with Crippen molar-refractivity contribution < 1.29 is 9.59 Å². The molecule has 0 aromatic heterocycles. The molecule has 1 aromatic rings. The van der Waals surface area contributed by atoms with E-state index in [0.29, 0.717) is 13.1 Å². The van der Waals surface area contributed by atoms with Gasteiger partial charge in [-0.3, -0.25) is 9.59 Å². The Balaban J connectivity index is 1.79. The highest BCUT2D eigenvalue weighted by atomic mass is 16.2. The fraction of sp³-hybridized carbons (Fsp3) is 0.500. The lowest BCUT2D eigenvalue weighted by Gasteiger charge is -2.17. The summed E-state index contributed by atoms with van der Waals surface area (Å²) < 4.78 is 0. The molecule has 0 fully saturated rings. The number of hydrogen-bond acceptors (Lipinski definition) is 3. The largest absolute Gasteiger partial charge is 0.356 e. The van der Waals surface area contributed by atoms with Gasteiger partial charge in [0.2, 0.25) is 11.8 Å². The zero-order chi connectivity index (χ0) is 15.2. The van der Waals surface area contributed by atoms with E-state index in [1.165, 1.54) is 5.56 Å². The summed E-state index contributed by atoms with van der Waals surface area (Å²) in [7, 11) is 3.99. The van der Waals surface area contributed by atoms with Crippen LogP contribution in [0, 0.1) is 0 Å². The Morgan fingerprint density at radius 1 is 1.29 bits per heavy atom. The van der Waals surface area contributed by atoms with Crippen LogP contribution < -0.4 is 10.2 Å². The van der Waals surface area contributed by atoms with Crippen molar-refractivity contribution in [3.05, 3.63) is 29.8 Å². The average molecular weight is 289 g/mol. The lowest BCUT2D eigenvalue weighted by molar-refractivity contribution is -0.127. The van der Waals surface area contributed by atoms with Crippen molar-refractivity contribution in [3.8, 4) is 0 Å². The highest BCUT2D eigenvalue weighted by Crippen LogP contribution is 2.27. The number of para-hydroxylation sites is 1. The fourth-order valence-corrected chi connectivity index (χ4v) is 2.52. The molecule has 2 rings (SSSR count). The van der Waals surface area contributed by atoms with Crippen LogP contribution in [0.2, 0.25) is 0 Å². The Hall–Kier alpha value is -1.88. The van der Waals surface area contributed by atoms with E-state index in [0.717, 1.165) is 25.1 Å². The minimum atomic E-state index is -0.192. The summed E-state index contributed by atoms with van der Waals surface area (Å²) in [4.78, 5) is 27.8. The number of hydrogen-bond donors (Lipinski definition) is 1. The Labute approximate surface area is 125 Å². The van der Waals surface area contributed by atoms with E-state index >= 15 is 0 Å². The number of fused-ring (bicyclic) bond motifs is 1. The molecule has 21 heavy (non-hydrogen) atoms. The molecule has 1 aliphatic rings. The van der Waals surface area contributed by atoms with Crippen molar-refractivity contribution in [3.63, 3.8) is 0 Å². The second-order valence-corrected chi connectivity index (χ2v) is 5.61. The van der Waals surface area contributed by atoms with Crippen LogP contribution >= 0.6 is 0 Å². The molecule has 1 N–H and O–H groups in total. The van der Waals surface area contributed by atoms with Gasteiger partial charge in [0.05, 0.1) is 0 Å². The highest BCUT2D eigenvalue weighted by Gasteiger charge is 2.25. The van der Waals surface area contributed by atoms with E-state index < -0.39 is 0 Å². The number of nitrogens with one attached hydrogen (secondary N) is 1. The zero-order valence-corrected chi connectivity index (χ0v) is 12.8. The number of nitrogens with zero attached hydrogens (tertiary/aromatic N) is 2. The number of amides is 2. The highest BCUT2D eigenvalue weighted by molar-refractivity contribution is 6.05. The van der Waals surface area contributed by atoms with E-state index in [2.05, 4.69) is 10.2 Å². The predicted molar refractivity (Wildman–Crippen MR) is 83.3 cm³/mol. The van der Waals surface area contributed by atoms with Gasteiger partial charge < -0.3 is 15.1 Å². The Morgan fingerprint density at radius 2 is 2.05 bits per heavy atom. The fourth-order valence-electron chi connectivity index (χ4n) is 2.52. The Morgan fingerprint density at radius 3 is 2.81 bits per heavy atom. The van der Waals surface area contributed by atoms with Crippen LogP contribution in [-0.4, -0.2) is 50.4 Å². The molecule has 0 atom stereocenters. The number of carbonyl (C=O) groups excluding carboxylic acids is 2. The predicted octanol–water partition coefficient (Wildman–Crippen LogP) is 1.03. The normalized spacial score (nSPS) is 13.4. The smallest absolute Gasteiger partial charge is 0.236 e. The van der Waals surface area contributed by atoms with E-state index in [-0.39, 0.29) is 18.2 Å². The van der Waals surface area contributed by atoms with Crippen LogP contribution in [0.15, 0.2) is 24.3 Å². The Kier molecular flexibility index (Phi) is 5.33. The third kappa shape index (κ3) is 4.29. The van der Waals surface area contributed by atoms with Crippen LogP contribution in [0.3, 0.4) is 0 Å². The molecule has 0 aliphatic carbocycles. The van der Waals surface area contributed by atoms with E-state index in [4.69, 9.17) is 0 Å². The summed E-state index contributed by atoms with van der Waals surface area (Å²) >= 11 is 0. The van der Waals surface area contributed by atoms with Crippen LogP contribution in [-0.2, 0) is 16.0 Å².